The molecular weight excluding hydrogens is 424 g/mol. The van der Waals surface area contributed by atoms with Gasteiger partial charge in [0.1, 0.15) is 5.60 Å². The van der Waals surface area contributed by atoms with Crippen LogP contribution in [0.15, 0.2) is 36.0 Å². The predicted octanol–water partition coefficient (Wildman–Crippen LogP) is 4.96. The number of carboxylic acid groups (broad SMARTS) is 1. The molecule has 9 heteroatoms. The highest BCUT2D eigenvalue weighted by atomic mass is 32.1. The molecule has 0 fully saturated rings. The molecule has 1 amide bonds. The molecule has 30 heavy (non-hydrogen) atoms. The molecule has 1 heterocycles. The van der Waals surface area contributed by atoms with Gasteiger partial charge in [0.05, 0.1) is 4.88 Å². The van der Waals surface area contributed by atoms with Crippen LogP contribution in [0.3, 0.4) is 0 Å². The number of hydrogen-bond donors (Lipinski definition) is 3. The third kappa shape index (κ3) is 7.64. The quantitative estimate of drug-likeness (QED) is 0.492. The predicted molar refractivity (Wildman–Crippen MR) is 119 cm³/mol. The van der Waals surface area contributed by atoms with Gasteiger partial charge in [-0.05, 0) is 51.0 Å². The molecular formula is C21H26N2O5S2. The van der Waals surface area contributed by atoms with Crippen LogP contribution in [-0.2, 0) is 22.5 Å². The molecule has 0 bridgehead atoms. The highest BCUT2D eigenvalue weighted by Gasteiger charge is 2.18. The van der Waals surface area contributed by atoms with Crippen molar-refractivity contribution in [1.29, 1.82) is 0 Å². The number of carbonyl (C=O) groups is 2. The molecule has 0 aliphatic rings. The Hall–Kier alpha value is -2.65. The summed E-state index contributed by atoms with van der Waals surface area (Å²) in [4.78, 5) is 23.5. The molecule has 2 aromatic rings. The van der Waals surface area contributed by atoms with Crippen molar-refractivity contribution < 1.29 is 24.5 Å². The van der Waals surface area contributed by atoms with Crippen molar-refractivity contribution >= 4 is 41.7 Å². The molecule has 3 N–H and O–H groups in total. The molecule has 1 aromatic carbocycles. The highest BCUT2D eigenvalue weighted by molar-refractivity contribution is 7.73. The summed E-state index contributed by atoms with van der Waals surface area (Å²) < 4.78 is 7.28. The Bertz CT molecular complexity index is 972. The maximum atomic E-state index is 12.3. The van der Waals surface area contributed by atoms with Crippen molar-refractivity contribution in [2.45, 2.75) is 52.2 Å². The lowest BCUT2D eigenvalue weighted by Crippen LogP contribution is -2.32. The van der Waals surface area contributed by atoms with Gasteiger partial charge >= 0.3 is 12.1 Å². The SMILES string of the molecule is CC(C)(C)OC(=O)NC(=Cc1sc(=S)n(CCCC(=O)O)c1O)Cc1ccccc1. The number of benzene rings is 1. The third-order valence-electron chi connectivity index (χ3n) is 3.87. The van der Waals surface area contributed by atoms with Crippen molar-refractivity contribution in [2.75, 3.05) is 0 Å². The first-order valence-corrected chi connectivity index (χ1v) is 10.7. The van der Waals surface area contributed by atoms with Crippen LogP contribution in [-0.4, -0.2) is 32.4 Å². The number of thiazole rings is 1. The van der Waals surface area contributed by atoms with Gasteiger partial charge in [-0.15, -0.1) is 11.3 Å². The number of rotatable bonds is 8. The Kier molecular flexibility index (Phi) is 8.19. The van der Waals surface area contributed by atoms with Crippen molar-refractivity contribution in [1.82, 2.24) is 9.88 Å². The zero-order valence-corrected chi connectivity index (χ0v) is 18.8. The summed E-state index contributed by atoms with van der Waals surface area (Å²) in [6, 6.07) is 9.58. The number of ether oxygens (including phenoxy) is 1. The van der Waals surface area contributed by atoms with E-state index in [0.29, 0.717) is 33.9 Å². The first kappa shape index (κ1) is 23.6. The lowest BCUT2D eigenvalue weighted by molar-refractivity contribution is -0.137. The normalized spacial score (nSPS) is 11.9. The molecule has 0 aliphatic carbocycles. The van der Waals surface area contributed by atoms with Crippen molar-refractivity contribution in [2.24, 2.45) is 0 Å². The fourth-order valence-electron chi connectivity index (χ4n) is 2.63. The van der Waals surface area contributed by atoms with Crippen LogP contribution in [0.1, 0.15) is 44.1 Å². The second-order valence-electron chi connectivity index (χ2n) is 7.66. The van der Waals surface area contributed by atoms with Gasteiger partial charge in [-0.2, -0.15) is 0 Å². The van der Waals surface area contributed by atoms with E-state index in [1.54, 1.807) is 26.8 Å². The molecule has 0 spiro atoms. The van der Waals surface area contributed by atoms with Gasteiger partial charge < -0.3 is 14.9 Å². The van der Waals surface area contributed by atoms with Crippen LogP contribution in [0, 0.1) is 3.95 Å². The molecule has 7 nitrogen and oxygen atoms in total. The number of carboxylic acids is 1. The number of carbonyl (C=O) groups excluding carboxylic acids is 1. The molecule has 0 aliphatic heterocycles. The highest BCUT2D eigenvalue weighted by Crippen LogP contribution is 2.29. The Labute approximate surface area is 184 Å². The smallest absolute Gasteiger partial charge is 0.411 e. The Balaban J connectivity index is 2.29. The number of aliphatic carboxylic acids is 1. The van der Waals surface area contributed by atoms with Gasteiger partial charge in [0.25, 0.3) is 0 Å². The number of amides is 1. The fourth-order valence-corrected chi connectivity index (χ4v) is 3.96. The van der Waals surface area contributed by atoms with E-state index >= 15 is 0 Å². The van der Waals surface area contributed by atoms with Gasteiger partial charge in [-0.3, -0.25) is 14.7 Å². The summed E-state index contributed by atoms with van der Waals surface area (Å²) in [5.74, 6) is -0.949. The molecule has 162 valence electrons. The number of hydrogen-bond acceptors (Lipinski definition) is 6. The van der Waals surface area contributed by atoms with Gasteiger partial charge in [0, 0.05) is 25.1 Å². The minimum Gasteiger partial charge on any atom is -0.493 e. The summed E-state index contributed by atoms with van der Waals surface area (Å²) >= 11 is 6.50. The number of aromatic nitrogens is 1. The molecule has 0 atom stereocenters. The van der Waals surface area contributed by atoms with Gasteiger partial charge in [0.15, 0.2) is 3.95 Å². The van der Waals surface area contributed by atoms with E-state index < -0.39 is 17.7 Å². The Morgan fingerprint density at radius 1 is 1.27 bits per heavy atom. The van der Waals surface area contributed by atoms with Gasteiger partial charge in [0.2, 0.25) is 5.88 Å². The average Bonchev–Trinajstić information content (AvgIpc) is 2.88. The second kappa shape index (κ2) is 10.4. The summed E-state index contributed by atoms with van der Waals surface area (Å²) in [5.41, 5.74) is 0.872. The minimum atomic E-state index is -0.900. The first-order valence-electron chi connectivity index (χ1n) is 9.44. The lowest BCUT2D eigenvalue weighted by atomic mass is 10.1. The van der Waals surface area contributed by atoms with E-state index in [2.05, 4.69) is 5.32 Å². The number of alkyl carbamates (subject to hydrolysis) is 1. The molecule has 1 aromatic heterocycles. The second-order valence-corrected chi connectivity index (χ2v) is 9.34. The van der Waals surface area contributed by atoms with Crippen molar-refractivity contribution in [3.63, 3.8) is 0 Å². The van der Waals surface area contributed by atoms with Crippen molar-refractivity contribution in [3.8, 4) is 5.88 Å². The first-order chi connectivity index (χ1) is 14.0. The van der Waals surface area contributed by atoms with E-state index in [-0.39, 0.29) is 12.3 Å². The topological polar surface area (TPSA) is 101 Å². The maximum Gasteiger partial charge on any atom is 0.411 e. The standard InChI is InChI=1S/C21H26N2O5S2/c1-21(2,3)28-19(27)22-15(12-14-8-5-4-6-9-14)13-16-18(26)23(20(29)30-16)11-7-10-17(24)25/h4-6,8-9,13,26H,7,10-12H2,1-3H3,(H,22,27)(H,24,25). The number of allylic oxidation sites excluding steroid dienone is 1. The summed E-state index contributed by atoms with van der Waals surface area (Å²) in [7, 11) is 0. The van der Waals surface area contributed by atoms with E-state index in [1.807, 2.05) is 30.3 Å². The lowest BCUT2D eigenvalue weighted by Gasteiger charge is -2.20. The monoisotopic (exact) mass is 450 g/mol. The van der Waals surface area contributed by atoms with E-state index in [1.165, 1.54) is 15.9 Å². The molecule has 0 unspecified atom stereocenters. The van der Waals surface area contributed by atoms with Gasteiger partial charge in [-0.25, -0.2) is 4.79 Å². The van der Waals surface area contributed by atoms with Crippen LogP contribution in [0.4, 0.5) is 4.79 Å². The van der Waals surface area contributed by atoms with Crippen LogP contribution in [0.2, 0.25) is 0 Å². The number of aromatic hydroxyl groups is 1. The molecule has 2 rings (SSSR count). The van der Waals surface area contributed by atoms with Crippen LogP contribution < -0.4 is 5.32 Å². The number of nitrogens with one attached hydrogen (secondary N) is 1. The molecule has 0 saturated heterocycles. The number of nitrogens with zero attached hydrogens (tertiary/aromatic N) is 1. The minimum absolute atomic E-state index is 0.0122. The third-order valence-corrected chi connectivity index (χ3v) is 5.26. The summed E-state index contributed by atoms with van der Waals surface area (Å²) in [6.45, 7) is 5.64. The summed E-state index contributed by atoms with van der Waals surface area (Å²) in [6.07, 6.45) is 1.84. The average molecular weight is 451 g/mol. The van der Waals surface area contributed by atoms with Gasteiger partial charge in [-0.1, -0.05) is 30.3 Å². The largest absolute Gasteiger partial charge is 0.493 e. The maximum absolute atomic E-state index is 12.3. The van der Waals surface area contributed by atoms with Crippen molar-refractivity contribution in [3.05, 3.63) is 50.4 Å². The Morgan fingerprint density at radius 3 is 2.53 bits per heavy atom. The Morgan fingerprint density at radius 2 is 1.93 bits per heavy atom. The van der Waals surface area contributed by atoms with E-state index in [9.17, 15) is 14.7 Å². The zero-order chi connectivity index (χ0) is 22.3. The molecule has 0 radical (unpaired) electrons. The van der Waals surface area contributed by atoms with E-state index in [4.69, 9.17) is 22.1 Å². The fraction of sp³-hybridized carbons (Fsp3) is 0.381. The zero-order valence-electron chi connectivity index (χ0n) is 17.2. The van der Waals surface area contributed by atoms with Crippen LogP contribution in [0.5, 0.6) is 5.88 Å². The summed E-state index contributed by atoms with van der Waals surface area (Å²) in [5, 5.41) is 22.1. The molecule has 0 saturated carbocycles. The van der Waals surface area contributed by atoms with Crippen LogP contribution in [0.25, 0.3) is 6.08 Å². The van der Waals surface area contributed by atoms with E-state index in [0.717, 1.165) is 5.56 Å². The van der Waals surface area contributed by atoms with Crippen LogP contribution >= 0.6 is 23.6 Å².